The van der Waals surface area contributed by atoms with E-state index in [1.165, 1.54) is 30.2 Å². The molecular weight excluding hydrogens is 306 g/mol. The molecule has 1 amide bonds. The zero-order chi connectivity index (χ0) is 17.1. The number of esters is 1. The number of hydrogen-bond acceptors (Lipinski definition) is 4. The van der Waals surface area contributed by atoms with E-state index in [9.17, 15) is 9.59 Å². The van der Waals surface area contributed by atoms with Gasteiger partial charge in [-0.2, -0.15) is 0 Å². The quantitative estimate of drug-likeness (QED) is 0.366. The minimum Gasteiger partial charge on any atom is -0.458 e. The van der Waals surface area contributed by atoms with Crippen LogP contribution in [0.2, 0.25) is 0 Å². The van der Waals surface area contributed by atoms with Gasteiger partial charge >= 0.3 is 5.97 Å². The van der Waals surface area contributed by atoms with E-state index in [0.717, 1.165) is 12.8 Å². The van der Waals surface area contributed by atoms with Crippen molar-refractivity contribution in [2.45, 2.75) is 58.8 Å². The fraction of sp³-hybridized carbons (Fsp3) is 0.579. The van der Waals surface area contributed by atoms with Gasteiger partial charge in [0.15, 0.2) is 0 Å². The highest BCUT2D eigenvalue weighted by atomic mass is 16.7. The fourth-order valence-electron chi connectivity index (χ4n) is 4.64. The second-order valence-electron chi connectivity index (χ2n) is 7.85. The number of rotatable bonds is 2. The number of ether oxygens (including phenoxy) is 2. The number of fused-ring (bicyclic) bond motifs is 2. The van der Waals surface area contributed by atoms with Crippen LogP contribution in [-0.2, 0) is 19.1 Å². The number of carbonyl (C=O) groups excluding carboxylic acids is 2. The Morgan fingerprint density at radius 1 is 1.38 bits per heavy atom. The van der Waals surface area contributed by atoms with E-state index in [0.29, 0.717) is 11.1 Å². The lowest BCUT2D eigenvalue weighted by Gasteiger charge is -2.35. The third-order valence-electron chi connectivity index (χ3n) is 5.78. The van der Waals surface area contributed by atoms with Gasteiger partial charge in [0, 0.05) is 17.6 Å². The van der Waals surface area contributed by atoms with Crippen LogP contribution < -0.4 is 5.32 Å². The summed E-state index contributed by atoms with van der Waals surface area (Å²) in [7, 11) is 0. The summed E-state index contributed by atoms with van der Waals surface area (Å²) in [6.45, 7) is 6.24. The molecule has 1 N–H and O–H groups in total. The van der Waals surface area contributed by atoms with Gasteiger partial charge in [0.05, 0.1) is 17.9 Å². The van der Waals surface area contributed by atoms with Gasteiger partial charge in [-0.25, -0.2) is 4.79 Å². The van der Waals surface area contributed by atoms with Crippen LogP contribution in [0.25, 0.3) is 0 Å². The molecule has 1 saturated heterocycles. The van der Waals surface area contributed by atoms with Crippen molar-refractivity contribution in [2.75, 3.05) is 0 Å². The van der Waals surface area contributed by atoms with Crippen LogP contribution >= 0.6 is 0 Å². The van der Waals surface area contributed by atoms with Crippen molar-refractivity contribution < 1.29 is 19.1 Å². The maximum absolute atomic E-state index is 12.4. The molecule has 128 valence electrons. The summed E-state index contributed by atoms with van der Waals surface area (Å²) in [4.78, 5) is 23.8. The minimum absolute atomic E-state index is 0.0667. The van der Waals surface area contributed by atoms with Crippen molar-refractivity contribution in [3.05, 3.63) is 34.6 Å². The van der Waals surface area contributed by atoms with Crippen molar-refractivity contribution in [3.63, 3.8) is 0 Å². The Kier molecular flexibility index (Phi) is 3.37. The summed E-state index contributed by atoms with van der Waals surface area (Å²) in [5.41, 5.74) is 4.29. The second kappa shape index (κ2) is 5.23. The van der Waals surface area contributed by atoms with Crippen LogP contribution in [0.5, 0.6) is 0 Å². The van der Waals surface area contributed by atoms with Gasteiger partial charge in [0.25, 0.3) is 12.2 Å². The van der Waals surface area contributed by atoms with E-state index in [1.807, 2.05) is 0 Å². The lowest BCUT2D eigenvalue weighted by molar-refractivity contribution is -0.152. The van der Waals surface area contributed by atoms with Crippen molar-refractivity contribution in [1.82, 2.24) is 5.32 Å². The lowest BCUT2D eigenvalue weighted by atomic mass is 9.72. The molecule has 2 aliphatic carbocycles. The average Bonchev–Trinajstić information content (AvgIpc) is 3.10. The monoisotopic (exact) mass is 329 g/mol. The summed E-state index contributed by atoms with van der Waals surface area (Å²) in [6.07, 6.45) is 6.86. The number of cyclic esters (lactones) is 1. The molecule has 2 aliphatic heterocycles. The molecule has 0 bridgehead atoms. The van der Waals surface area contributed by atoms with Crippen LogP contribution in [0.4, 0.5) is 0 Å². The molecule has 0 aromatic carbocycles. The van der Waals surface area contributed by atoms with Crippen LogP contribution in [0.15, 0.2) is 34.6 Å². The van der Waals surface area contributed by atoms with Crippen LogP contribution in [-0.4, -0.2) is 24.2 Å². The lowest BCUT2D eigenvalue weighted by Crippen LogP contribution is -2.35. The number of nitrogens with one attached hydrogen (secondary N) is 1. The van der Waals surface area contributed by atoms with E-state index in [2.05, 4.69) is 19.2 Å². The molecule has 2 heterocycles. The van der Waals surface area contributed by atoms with E-state index in [1.54, 1.807) is 13.0 Å². The van der Waals surface area contributed by atoms with Crippen molar-refractivity contribution >= 4 is 11.9 Å². The van der Waals surface area contributed by atoms with E-state index in [-0.39, 0.29) is 29.3 Å². The Morgan fingerprint density at radius 3 is 2.88 bits per heavy atom. The number of carbonyl (C=O) groups is 2. The number of allylic oxidation sites excluding steroid dienone is 1. The first-order valence-corrected chi connectivity index (χ1v) is 8.65. The molecule has 5 nitrogen and oxygen atoms in total. The predicted octanol–water partition coefficient (Wildman–Crippen LogP) is 2.74. The van der Waals surface area contributed by atoms with Gasteiger partial charge in [0.1, 0.15) is 0 Å². The topological polar surface area (TPSA) is 64.6 Å². The van der Waals surface area contributed by atoms with Gasteiger partial charge in [0.2, 0.25) is 0 Å². The molecule has 4 aliphatic rings. The second-order valence-corrected chi connectivity index (χ2v) is 7.85. The zero-order valence-electron chi connectivity index (χ0n) is 14.3. The van der Waals surface area contributed by atoms with Gasteiger partial charge in [-0.05, 0) is 43.6 Å². The Bertz CT molecular complexity index is 713. The molecule has 3 atom stereocenters. The summed E-state index contributed by atoms with van der Waals surface area (Å²) in [5.74, 6) is -0.295. The first-order chi connectivity index (χ1) is 11.4. The van der Waals surface area contributed by atoms with Gasteiger partial charge in [-0.15, -0.1) is 0 Å². The van der Waals surface area contributed by atoms with Gasteiger partial charge in [-0.3, -0.25) is 4.79 Å². The maximum Gasteiger partial charge on any atom is 0.336 e. The van der Waals surface area contributed by atoms with E-state index in [4.69, 9.17) is 9.47 Å². The molecule has 0 spiro atoms. The van der Waals surface area contributed by atoms with Crippen LogP contribution in [0, 0.1) is 11.3 Å². The Labute approximate surface area is 141 Å². The van der Waals surface area contributed by atoms with Gasteiger partial charge in [-0.1, -0.05) is 19.4 Å². The number of hydrogen-bond donors (Lipinski definition) is 1. The fourth-order valence-corrected chi connectivity index (χ4v) is 4.64. The molecule has 0 aromatic rings. The zero-order valence-corrected chi connectivity index (χ0v) is 14.3. The molecule has 0 radical (unpaired) electrons. The third-order valence-corrected chi connectivity index (χ3v) is 5.78. The summed E-state index contributed by atoms with van der Waals surface area (Å²) < 4.78 is 10.6. The predicted molar refractivity (Wildman–Crippen MR) is 87.5 cm³/mol. The standard InChI is InChI=1S/C19H23NO4/c1-10-7-14(24-18(10)22)23-9-13-12-8-11-5-4-6-19(2,3)15(11)16(12)20-17(13)21/h7,9,12,14,16H,4-6,8H2,1-3H3,(H,20,21)/t12-,14?,16+/m1/s1. The molecule has 5 heteroatoms. The highest BCUT2D eigenvalue weighted by Gasteiger charge is 2.50. The molecule has 24 heavy (non-hydrogen) atoms. The highest BCUT2D eigenvalue weighted by molar-refractivity contribution is 5.97. The Morgan fingerprint density at radius 2 is 2.17 bits per heavy atom. The molecule has 0 aromatic heterocycles. The Hall–Kier alpha value is -2.04. The van der Waals surface area contributed by atoms with Crippen molar-refractivity contribution in [1.29, 1.82) is 0 Å². The summed E-state index contributed by atoms with van der Waals surface area (Å²) >= 11 is 0. The Balaban J connectivity index is 1.55. The summed E-state index contributed by atoms with van der Waals surface area (Å²) in [5, 5.41) is 3.15. The van der Waals surface area contributed by atoms with Crippen molar-refractivity contribution in [2.24, 2.45) is 11.3 Å². The average molecular weight is 329 g/mol. The third kappa shape index (κ3) is 2.29. The molecule has 1 fully saturated rings. The first-order valence-electron chi connectivity index (χ1n) is 8.65. The smallest absolute Gasteiger partial charge is 0.336 e. The molecule has 0 saturated carbocycles. The maximum atomic E-state index is 12.4. The SMILES string of the molecule is CC1=CC(OC=C2C(=O)N[C@@H]3C4=C(CCCC4(C)C)C[C@H]23)OC1=O. The molecule has 4 rings (SSSR count). The van der Waals surface area contributed by atoms with Crippen molar-refractivity contribution in [3.8, 4) is 0 Å². The van der Waals surface area contributed by atoms with Crippen LogP contribution in [0.1, 0.15) is 46.5 Å². The normalized spacial score (nSPS) is 35.5. The molecular formula is C19H23NO4. The largest absolute Gasteiger partial charge is 0.458 e. The molecule has 1 unspecified atom stereocenters. The van der Waals surface area contributed by atoms with E-state index >= 15 is 0 Å². The van der Waals surface area contributed by atoms with Crippen LogP contribution in [0.3, 0.4) is 0 Å². The number of amides is 1. The first kappa shape index (κ1) is 15.5. The highest BCUT2D eigenvalue weighted by Crippen LogP contribution is 2.53. The minimum atomic E-state index is -0.725. The summed E-state index contributed by atoms with van der Waals surface area (Å²) in [6, 6.07) is 0.0982. The van der Waals surface area contributed by atoms with E-state index < -0.39 is 6.29 Å². The van der Waals surface area contributed by atoms with Gasteiger partial charge < -0.3 is 14.8 Å².